The molecule has 0 aliphatic heterocycles. The van der Waals surface area contributed by atoms with Crippen LogP contribution in [0.15, 0.2) is 48.5 Å². The molecule has 3 nitrogen and oxygen atoms in total. The maximum atomic E-state index is 13.5. The number of amides is 1. The van der Waals surface area contributed by atoms with Gasteiger partial charge in [0.1, 0.15) is 5.82 Å². The Morgan fingerprint density at radius 3 is 2.30 bits per heavy atom. The van der Waals surface area contributed by atoms with Crippen molar-refractivity contribution >= 4 is 11.6 Å². The summed E-state index contributed by atoms with van der Waals surface area (Å²) in [6.07, 6.45) is -3.80. The Balaban J connectivity index is 2.27. The summed E-state index contributed by atoms with van der Waals surface area (Å²) in [7, 11) is 0. The van der Waals surface area contributed by atoms with Gasteiger partial charge in [0.2, 0.25) is 5.91 Å². The predicted molar refractivity (Wildman–Crippen MR) is 95.0 cm³/mol. The van der Waals surface area contributed by atoms with Crippen LogP contribution in [0.25, 0.3) is 0 Å². The molecule has 1 amide bonds. The summed E-state index contributed by atoms with van der Waals surface area (Å²) in [5.41, 5.74) is 0.617. The van der Waals surface area contributed by atoms with Gasteiger partial charge in [0.15, 0.2) is 5.75 Å². The van der Waals surface area contributed by atoms with Crippen LogP contribution in [0.4, 0.5) is 23.2 Å². The smallest absolute Gasteiger partial charge is 0.404 e. The summed E-state index contributed by atoms with van der Waals surface area (Å²) >= 11 is 0. The minimum absolute atomic E-state index is 0.114. The molecule has 1 N–H and O–H groups in total. The number of hydrogen-bond donors (Lipinski definition) is 1. The Bertz CT molecular complexity index is 762. The first-order valence-corrected chi connectivity index (χ1v) is 8.66. The van der Waals surface area contributed by atoms with Crippen LogP contribution in [0, 0.1) is 11.7 Å². The van der Waals surface area contributed by atoms with Crippen molar-refractivity contribution in [1.29, 1.82) is 0 Å². The van der Waals surface area contributed by atoms with Gasteiger partial charge in [-0.05, 0) is 36.5 Å². The molecule has 146 valence electrons. The van der Waals surface area contributed by atoms with Crippen LogP contribution in [0.2, 0.25) is 0 Å². The van der Waals surface area contributed by atoms with Crippen LogP contribution >= 0.6 is 0 Å². The average molecular weight is 383 g/mol. The monoisotopic (exact) mass is 383 g/mol. The lowest BCUT2D eigenvalue weighted by Gasteiger charge is -2.25. The summed E-state index contributed by atoms with van der Waals surface area (Å²) in [5.74, 6) is -2.51. The molecule has 2 atom stereocenters. The molecule has 0 unspecified atom stereocenters. The second-order valence-electron chi connectivity index (χ2n) is 6.12. The number of hydrogen-bond acceptors (Lipinski definition) is 2. The molecular formula is C20H21F4NO2. The lowest BCUT2D eigenvalue weighted by molar-refractivity contribution is -0.274. The molecular weight excluding hydrogens is 362 g/mol. The summed E-state index contributed by atoms with van der Waals surface area (Å²) in [5, 5.41) is 2.41. The molecule has 0 radical (unpaired) electrons. The highest BCUT2D eigenvalue weighted by atomic mass is 19.4. The van der Waals surface area contributed by atoms with E-state index >= 15 is 0 Å². The number of benzene rings is 2. The van der Waals surface area contributed by atoms with Crippen LogP contribution in [0.5, 0.6) is 5.75 Å². The molecule has 0 fully saturated rings. The van der Waals surface area contributed by atoms with Crippen LogP contribution in [-0.2, 0) is 4.79 Å². The quantitative estimate of drug-likeness (QED) is 0.606. The Hall–Kier alpha value is -2.57. The molecule has 0 heterocycles. The van der Waals surface area contributed by atoms with Gasteiger partial charge in [-0.2, -0.15) is 0 Å². The maximum Gasteiger partial charge on any atom is 0.573 e. The van der Waals surface area contributed by atoms with E-state index < -0.39 is 29.8 Å². The van der Waals surface area contributed by atoms with Crippen molar-refractivity contribution < 1.29 is 27.1 Å². The van der Waals surface area contributed by atoms with Crippen molar-refractivity contribution in [2.75, 3.05) is 5.32 Å². The van der Waals surface area contributed by atoms with E-state index in [4.69, 9.17) is 0 Å². The van der Waals surface area contributed by atoms with Gasteiger partial charge in [-0.25, -0.2) is 4.39 Å². The fourth-order valence-electron chi connectivity index (χ4n) is 3.14. The second-order valence-corrected chi connectivity index (χ2v) is 6.12. The molecule has 2 aromatic rings. The van der Waals surface area contributed by atoms with Crippen molar-refractivity contribution in [2.45, 2.75) is 39.0 Å². The molecule has 0 saturated heterocycles. The lowest BCUT2D eigenvalue weighted by atomic mass is 9.82. The summed E-state index contributed by atoms with van der Waals surface area (Å²) in [4.78, 5) is 12.8. The van der Waals surface area contributed by atoms with Gasteiger partial charge in [0.25, 0.3) is 0 Å². The minimum Gasteiger partial charge on any atom is -0.404 e. The third kappa shape index (κ3) is 5.70. The zero-order valence-corrected chi connectivity index (χ0v) is 15.0. The highest BCUT2D eigenvalue weighted by Gasteiger charge is 2.33. The minimum atomic E-state index is -4.95. The van der Waals surface area contributed by atoms with E-state index in [2.05, 4.69) is 10.1 Å². The predicted octanol–water partition coefficient (Wildman–Crippen LogP) is 5.88. The third-order valence-corrected chi connectivity index (χ3v) is 4.36. The van der Waals surface area contributed by atoms with Gasteiger partial charge in [-0.1, -0.05) is 44.2 Å². The van der Waals surface area contributed by atoms with E-state index in [1.165, 1.54) is 0 Å². The number of alkyl halides is 3. The molecule has 0 aromatic heterocycles. The zero-order valence-electron chi connectivity index (χ0n) is 15.0. The fraction of sp³-hybridized carbons (Fsp3) is 0.350. The Morgan fingerprint density at radius 2 is 1.74 bits per heavy atom. The van der Waals surface area contributed by atoms with Gasteiger partial charge >= 0.3 is 6.36 Å². The Labute approximate surface area is 155 Å². The van der Waals surface area contributed by atoms with Gasteiger partial charge in [-0.3, -0.25) is 4.79 Å². The zero-order chi connectivity index (χ0) is 20.0. The number of halogens is 4. The highest BCUT2D eigenvalue weighted by molar-refractivity contribution is 5.94. The lowest BCUT2D eigenvalue weighted by Crippen LogP contribution is -2.28. The second kappa shape index (κ2) is 8.88. The van der Waals surface area contributed by atoms with Crippen LogP contribution < -0.4 is 10.1 Å². The van der Waals surface area contributed by atoms with E-state index in [-0.39, 0.29) is 11.6 Å². The Morgan fingerprint density at radius 1 is 1.07 bits per heavy atom. The van der Waals surface area contributed by atoms with E-state index in [0.29, 0.717) is 12.8 Å². The van der Waals surface area contributed by atoms with E-state index in [1.54, 1.807) is 0 Å². The molecule has 27 heavy (non-hydrogen) atoms. The normalized spacial score (nSPS) is 13.7. The maximum absolute atomic E-state index is 13.5. The highest BCUT2D eigenvalue weighted by Crippen LogP contribution is 2.34. The largest absolute Gasteiger partial charge is 0.573 e. The topological polar surface area (TPSA) is 38.3 Å². The van der Waals surface area contributed by atoms with Crippen molar-refractivity contribution in [3.63, 3.8) is 0 Å². The number of nitrogens with one attached hydrogen (secondary N) is 1. The number of anilines is 1. The number of ether oxygens (including phenoxy) is 1. The van der Waals surface area contributed by atoms with Gasteiger partial charge in [-0.15, -0.1) is 13.2 Å². The van der Waals surface area contributed by atoms with E-state index in [0.717, 1.165) is 23.8 Å². The number of carbonyl (C=O) groups excluding carboxylic acids is 1. The fourth-order valence-corrected chi connectivity index (χ4v) is 3.14. The molecule has 0 bridgehead atoms. The van der Waals surface area contributed by atoms with Crippen molar-refractivity contribution in [3.05, 3.63) is 59.9 Å². The molecule has 7 heteroatoms. The summed E-state index contributed by atoms with van der Waals surface area (Å²) in [6, 6.07) is 11.9. The van der Waals surface area contributed by atoms with Crippen molar-refractivity contribution in [2.24, 2.45) is 5.92 Å². The number of rotatable bonds is 7. The van der Waals surface area contributed by atoms with E-state index in [9.17, 15) is 22.4 Å². The van der Waals surface area contributed by atoms with Crippen LogP contribution in [0.1, 0.15) is 38.2 Å². The van der Waals surface area contributed by atoms with Crippen LogP contribution in [0.3, 0.4) is 0 Å². The molecule has 2 rings (SSSR count). The van der Waals surface area contributed by atoms with Crippen LogP contribution in [-0.4, -0.2) is 12.3 Å². The average Bonchev–Trinajstić information content (AvgIpc) is 2.61. The van der Waals surface area contributed by atoms with Gasteiger partial charge < -0.3 is 10.1 Å². The van der Waals surface area contributed by atoms with Gasteiger partial charge in [0, 0.05) is 12.0 Å². The van der Waals surface area contributed by atoms with E-state index in [1.807, 2.05) is 44.2 Å². The molecule has 2 aromatic carbocycles. The first kappa shape index (κ1) is 20.7. The van der Waals surface area contributed by atoms with Gasteiger partial charge in [0.05, 0.1) is 5.69 Å². The van der Waals surface area contributed by atoms with Crippen molar-refractivity contribution in [1.82, 2.24) is 0 Å². The standard InChI is InChI=1S/C20H21F4NO2/c1-3-15(13-8-6-5-7-9-13)16(4-2)19(26)25-17-12-14(21)10-11-18(17)27-20(22,23)24/h5-12,15-16H,3-4H2,1-2H3,(H,25,26)/t15-,16+/m0/s1. The first-order chi connectivity index (χ1) is 12.7. The SMILES string of the molecule is CC[C@@H](C(=O)Nc1cc(F)ccc1OC(F)(F)F)[C@@H](CC)c1ccccc1. The number of carbonyl (C=O) groups is 1. The molecule has 0 saturated carbocycles. The third-order valence-electron chi connectivity index (χ3n) is 4.36. The molecule has 0 aliphatic rings. The van der Waals surface area contributed by atoms with Crippen molar-refractivity contribution in [3.8, 4) is 5.75 Å². The summed E-state index contributed by atoms with van der Waals surface area (Å²) < 4.78 is 55.1. The molecule has 0 aliphatic carbocycles. The molecule has 0 spiro atoms. The summed E-state index contributed by atoms with van der Waals surface area (Å²) in [6.45, 7) is 3.77. The Kier molecular flexibility index (Phi) is 6.82. The first-order valence-electron chi connectivity index (χ1n) is 8.66.